The second kappa shape index (κ2) is 29.2. The fourth-order valence-corrected chi connectivity index (χ4v) is 12.8. The van der Waals surface area contributed by atoms with Gasteiger partial charge in [0.05, 0.1) is 24.8 Å². The molecular formula is C65H82N2O7S. The van der Waals surface area contributed by atoms with Crippen molar-refractivity contribution in [2.75, 3.05) is 32.2 Å². The molecule has 1 fully saturated rings. The molecule has 2 N–H and O–H groups in total. The third-order valence-corrected chi connectivity index (χ3v) is 16.6. The highest BCUT2D eigenvalue weighted by molar-refractivity contribution is 7.99. The number of rotatable bonds is 32. The van der Waals surface area contributed by atoms with Crippen LogP contribution in [0.2, 0.25) is 0 Å². The zero-order chi connectivity index (χ0) is 52.1. The molecule has 0 aromatic heterocycles. The molecule has 0 saturated heterocycles. The van der Waals surface area contributed by atoms with E-state index in [1.165, 1.54) is 43.4 Å². The Hall–Kier alpha value is -5.39. The summed E-state index contributed by atoms with van der Waals surface area (Å²) in [5, 5.41) is 27.6. The number of hydrogen-bond acceptors (Lipinski definition) is 9. The highest BCUT2D eigenvalue weighted by Crippen LogP contribution is 2.62. The Kier molecular flexibility index (Phi) is 21.7. The highest BCUT2D eigenvalue weighted by Gasteiger charge is 2.65. The van der Waals surface area contributed by atoms with Crippen LogP contribution in [-0.2, 0) is 27.5 Å². The monoisotopic (exact) mass is 1030 g/mol. The molecule has 75 heavy (non-hydrogen) atoms. The molecule has 1 saturated carbocycles. The number of ether oxygens (including phenoxy) is 3. The molecule has 6 unspecified atom stereocenters. The fraction of sp³-hybridized carbons (Fsp3) is 0.477. The van der Waals surface area contributed by atoms with Gasteiger partial charge in [0.15, 0.2) is 0 Å². The highest BCUT2D eigenvalue weighted by atomic mass is 32.2. The molecule has 8 rings (SSSR count). The lowest BCUT2D eigenvalue weighted by Crippen LogP contribution is -2.70. The smallest absolute Gasteiger partial charge is 0.239 e. The maximum atomic E-state index is 15.6. The average Bonchev–Trinajstić information content (AvgIpc) is 3.52. The Morgan fingerprint density at radius 1 is 0.813 bits per heavy atom. The van der Waals surface area contributed by atoms with Gasteiger partial charge in [-0.1, -0.05) is 179 Å². The molecule has 0 spiro atoms. The summed E-state index contributed by atoms with van der Waals surface area (Å²) in [6, 6.07) is 40.9. The first-order valence-corrected chi connectivity index (χ1v) is 29.3. The van der Waals surface area contributed by atoms with Crippen LogP contribution in [0.25, 0.3) is 10.8 Å². The van der Waals surface area contributed by atoms with Crippen molar-refractivity contribution in [1.82, 2.24) is 4.90 Å². The van der Waals surface area contributed by atoms with Crippen LogP contribution in [0.1, 0.15) is 139 Å². The summed E-state index contributed by atoms with van der Waals surface area (Å²) >= 11 is 1.77. The van der Waals surface area contributed by atoms with Gasteiger partial charge < -0.3 is 34.2 Å². The van der Waals surface area contributed by atoms with Crippen LogP contribution < -0.4 is 9.47 Å². The topological polar surface area (TPSA) is 110 Å². The maximum absolute atomic E-state index is 15.6. The first-order valence-electron chi connectivity index (χ1n) is 28.3. The first-order chi connectivity index (χ1) is 37.0. The second-order valence-corrected chi connectivity index (χ2v) is 21.9. The summed E-state index contributed by atoms with van der Waals surface area (Å²) in [5.41, 5.74) is 4.93. The van der Waals surface area contributed by atoms with E-state index in [9.17, 15) is 10.2 Å². The van der Waals surface area contributed by atoms with E-state index in [0.29, 0.717) is 38.8 Å². The predicted molar refractivity (Wildman–Crippen MR) is 305 cm³/mol. The number of amides is 1. The van der Waals surface area contributed by atoms with Crippen molar-refractivity contribution >= 4 is 34.2 Å². The Morgan fingerprint density at radius 3 is 2.28 bits per heavy atom. The quantitative estimate of drug-likeness (QED) is 0.0190. The van der Waals surface area contributed by atoms with Crippen LogP contribution >= 0.6 is 11.8 Å². The molecule has 1 heterocycles. The van der Waals surface area contributed by atoms with Crippen molar-refractivity contribution in [3.05, 3.63) is 162 Å². The third-order valence-electron chi connectivity index (χ3n) is 15.7. The molecule has 9 nitrogen and oxygen atoms in total. The molecule has 2 aliphatic carbocycles. The summed E-state index contributed by atoms with van der Waals surface area (Å²) < 4.78 is 21.6. The van der Waals surface area contributed by atoms with Crippen molar-refractivity contribution in [2.45, 2.75) is 152 Å². The number of carbonyl (C=O) groups excluding carboxylic acids is 1. The van der Waals surface area contributed by atoms with Crippen molar-refractivity contribution in [3.63, 3.8) is 0 Å². The van der Waals surface area contributed by atoms with Gasteiger partial charge in [-0.3, -0.25) is 4.79 Å². The molecule has 1 aliphatic heterocycles. The minimum Gasteiger partial charge on any atom is -0.493 e. The maximum Gasteiger partial charge on any atom is 0.239 e. The molecule has 3 aliphatic rings. The zero-order valence-electron chi connectivity index (χ0n) is 44.5. The molecule has 6 atom stereocenters. The SMILES string of the molecule is C=CCOC12Oc3ccc(OCCSc4ccccc4)cc3C3C(CCCCO)C(CCCCO)C=C(C(=NOCc4ccccc4)CC1N(Cc1cccc4ccccc14)C(=O)CCCCCCCCCCC)C32. The molecule has 0 radical (unpaired) electrons. The van der Waals surface area contributed by atoms with Crippen molar-refractivity contribution < 1.29 is 34.1 Å². The molecule has 10 heteroatoms. The number of oxime groups is 1. The lowest BCUT2D eigenvalue weighted by atomic mass is 9.55. The fourth-order valence-electron chi connectivity index (χ4n) is 12.0. The van der Waals surface area contributed by atoms with Gasteiger partial charge in [0.2, 0.25) is 11.7 Å². The van der Waals surface area contributed by atoms with Crippen molar-refractivity contribution in [2.24, 2.45) is 22.9 Å². The Labute approximate surface area is 451 Å². The van der Waals surface area contributed by atoms with Gasteiger partial charge in [0.1, 0.15) is 24.1 Å². The summed E-state index contributed by atoms with van der Waals surface area (Å²) in [6.07, 6.45) is 20.2. The number of aliphatic hydroxyl groups excluding tert-OH is 2. The Bertz CT molecular complexity index is 2600. The van der Waals surface area contributed by atoms with E-state index in [1.807, 2.05) is 42.5 Å². The molecular weight excluding hydrogens is 953 g/mol. The number of allylic oxidation sites excluding steroid dienone is 1. The minimum atomic E-state index is -1.37. The lowest BCUT2D eigenvalue weighted by molar-refractivity contribution is -0.258. The molecule has 1 amide bonds. The molecule has 5 aromatic rings. The van der Waals surface area contributed by atoms with E-state index in [4.69, 9.17) is 24.2 Å². The van der Waals surface area contributed by atoms with Crippen LogP contribution in [0.15, 0.2) is 156 Å². The Balaban J connectivity index is 1.25. The summed E-state index contributed by atoms with van der Waals surface area (Å²) in [5.74, 6) is 0.599. The van der Waals surface area contributed by atoms with E-state index < -0.39 is 17.7 Å². The molecule has 0 bridgehead atoms. The van der Waals surface area contributed by atoms with Gasteiger partial charge in [-0.2, -0.15) is 0 Å². The van der Waals surface area contributed by atoms with E-state index in [0.717, 1.165) is 101 Å². The van der Waals surface area contributed by atoms with Gasteiger partial charge in [-0.25, -0.2) is 0 Å². The number of aliphatic hydroxyl groups is 2. The van der Waals surface area contributed by atoms with Crippen molar-refractivity contribution in [3.8, 4) is 11.5 Å². The number of nitrogens with zero attached hydrogens (tertiary/aromatic N) is 2. The van der Waals surface area contributed by atoms with E-state index in [-0.39, 0.29) is 50.1 Å². The number of carbonyl (C=O) groups is 1. The lowest BCUT2D eigenvalue weighted by Gasteiger charge is -2.60. The largest absolute Gasteiger partial charge is 0.493 e. The third kappa shape index (κ3) is 14.6. The van der Waals surface area contributed by atoms with Crippen LogP contribution in [0.5, 0.6) is 11.5 Å². The van der Waals surface area contributed by atoms with Crippen LogP contribution in [-0.4, -0.2) is 70.7 Å². The predicted octanol–water partition coefficient (Wildman–Crippen LogP) is 14.8. The summed E-state index contributed by atoms with van der Waals surface area (Å²) in [6.45, 7) is 8.04. The first kappa shape index (κ1) is 55.8. The summed E-state index contributed by atoms with van der Waals surface area (Å²) in [7, 11) is 0. The van der Waals surface area contributed by atoms with Crippen LogP contribution in [0.3, 0.4) is 0 Å². The van der Waals surface area contributed by atoms with E-state index >= 15 is 4.79 Å². The molecule has 400 valence electrons. The van der Waals surface area contributed by atoms with Crippen LogP contribution in [0, 0.1) is 17.8 Å². The molecule has 5 aromatic carbocycles. The summed E-state index contributed by atoms with van der Waals surface area (Å²) in [4.78, 5) is 25.3. The normalized spacial score (nSPS) is 21.2. The number of hydrogen-bond donors (Lipinski definition) is 2. The van der Waals surface area contributed by atoms with E-state index in [1.54, 1.807) is 17.8 Å². The van der Waals surface area contributed by atoms with Gasteiger partial charge in [-0.05, 0) is 102 Å². The minimum absolute atomic E-state index is 0.0645. The zero-order valence-corrected chi connectivity index (χ0v) is 45.3. The standard InChI is InChI=1S/C65H82N2O7S/c1-3-5-6-7-8-9-10-11-18-36-62(70)67(47-52-31-25-30-50-28-19-20-34-55(50)52)61-46-59(66-73-48-49-26-14-12-15-27-49)57-44-51(29-21-23-39-68)56(35-22-24-40-69)63-58-45-53(71-42-43-75-54-32-16-13-17-33-54)37-38-60(58)74-65(61,64(57)63)72-41-4-2/h4,12-17,19-20,25-28,30-34,37-38,44-45,51,56,61,63-64,68-69H,2-3,5-11,18,21-24,29,35-36,39-43,46-48H2,1H3. The number of thioether (sulfide) groups is 1. The Morgan fingerprint density at radius 2 is 1.52 bits per heavy atom. The van der Waals surface area contributed by atoms with E-state index in [2.05, 4.69) is 103 Å². The van der Waals surface area contributed by atoms with Gasteiger partial charge in [0.25, 0.3) is 0 Å². The van der Waals surface area contributed by atoms with Gasteiger partial charge in [0, 0.05) is 54.7 Å². The second-order valence-electron chi connectivity index (χ2n) is 20.8. The average molecular weight is 1040 g/mol. The number of unbranched alkanes of at least 4 members (excludes halogenated alkanes) is 10. The number of benzene rings is 5. The van der Waals surface area contributed by atoms with Gasteiger partial charge in [-0.15, -0.1) is 18.3 Å². The van der Waals surface area contributed by atoms with Gasteiger partial charge >= 0.3 is 0 Å². The van der Waals surface area contributed by atoms with Crippen molar-refractivity contribution in [1.29, 1.82) is 0 Å². The van der Waals surface area contributed by atoms with Crippen LogP contribution in [0.4, 0.5) is 0 Å². The number of fused-ring (bicyclic) bond motifs is 3.